The summed E-state index contributed by atoms with van der Waals surface area (Å²) in [5, 5.41) is 0. The molecule has 24 heavy (non-hydrogen) atoms. The number of nitrogens with two attached hydrogens (primary N) is 1. The van der Waals surface area contributed by atoms with Gasteiger partial charge >= 0.3 is 0 Å². The van der Waals surface area contributed by atoms with Gasteiger partial charge in [0.15, 0.2) is 0 Å². The van der Waals surface area contributed by atoms with Crippen molar-refractivity contribution in [2.75, 3.05) is 12.3 Å². The second-order valence-electron chi connectivity index (χ2n) is 6.56. The van der Waals surface area contributed by atoms with Crippen LogP contribution in [0.2, 0.25) is 0 Å². The largest absolute Gasteiger partial charge is 0.398 e. The van der Waals surface area contributed by atoms with Gasteiger partial charge in [-0.25, -0.2) is 8.42 Å². The van der Waals surface area contributed by atoms with Crippen LogP contribution in [-0.4, -0.2) is 25.3 Å². The average molecular weight is 344 g/mol. The van der Waals surface area contributed by atoms with E-state index in [9.17, 15) is 8.42 Å². The third-order valence-electron chi connectivity index (χ3n) is 4.82. The maximum atomic E-state index is 12.9. The highest BCUT2D eigenvalue weighted by Crippen LogP contribution is 2.28. The standard InChI is InChI=1S/C19H24N2O2S/c1-14-6-7-17(13-19(14)20)16-8-10-18(11-9-16)24(22,23)21-12-4-3-5-15(21)2/h6-11,13,15H,3-5,12,20H2,1-2H3. The van der Waals surface area contributed by atoms with Gasteiger partial charge in [0.2, 0.25) is 10.0 Å². The summed E-state index contributed by atoms with van der Waals surface area (Å²) in [5.41, 5.74) is 9.71. The van der Waals surface area contributed by atoms with E-state index in [1.165, 1.54) is 0 Å². The van der Waals surface area contributed by atoms with Crippen LogP contribution in [-0.2, 0) is 10.0 Å². The van der Waals surface area contributed by atoms with Gasteiger partial charge in [-0.2, -0.15) is 4.31 Å². The molecule has 0 aromatic heterocycles. The van der Waals surface area contributed by atoms with E-state index in [2.05, 4.69) is 0 Å². The molecule has 1 atom stereocenters. The number of rotatable bonds is 3. The molecule has 0 radical (unpaired) electrons. The fraction of sp³-hybridized carbons (Fsp3) is 0.368. The zero-order valence-electron chi connectivity index (χ0n) is 14.2. The van der Waals surface area contributed by atoms with E-state index < -0.39 is 10.0 Å². The number of nitrogen functional groups attached to an aromatic ring is 1. The predicted molar refractivity (Wildman–Crippen MR) is 98.2 cm³/mol. The molecule has 2 aromatic carbocycles. The molecule has 5 heteroatoms. The Morgan fingerprint density at radius 1 is 1.04 bits per heavy atom. The number of hydrogen-bond donors (Lipinski definition) is 1. The number of sulfonamides is 1. The van der Waals surface area contributed by atoms with Gasteiger partial charge in [0.25, 0.3) is 0 Å². The van der Waals surface area contributed by atoms with Crippen molar-refractivity contribution in [3.63, 3.8) is 0 Å². The number of nitrogens with zero attached hydrogens (tertiary/aromatic N) is 1. The van der Waals surface area contributed by atoms with Crippen molar-refractivity contribution < 1.29 is 8.42 Å². The molecule has 0 aliphatic carbocycles. The third-order valence-corrected chi connectivity index (χ3v) is 6.84. The lowest BCUT2D eigenvalue weighted by atomic mass is 10.0. The van der Waals surface area contributed by atoms with Crippen LogP contribution < -0.4 is 5.73 Å². The van der Waals surface area contributed by atoms with Crippen LogP contribution in [0.15, 0.2) is 47.4 Å². The minimum Gasteiger partial charge on any atom is -0.398 e. The molecule has 0 bridgehead atoms. The Balaban J connectivity index is 1.89. The highest BCUT2D eigenvalue weighted by atomic mass is 32.2. The summed E-state index contributed by atoms with van der Waals surface area (Å²) in [6.07, 6.45) is 2.96. The first-order valence-corrected chi connectivity index (χ1v) is 9.82. The Labute approximate surface area is 144 Å². The van der Waals surface area contributed by atoms with E-state index in [4.69, 9.17) is 5.73 Å². The molecule has 2 N–H and O–H groups in total. The highest BCUT2D eigenvalue weighted by Gasteiger charge is 2.30. The van der Waals surface area contributed by atoms with E-state index in [1.807, 2.05) is 44.2 Å². The van der Waals surface area contributed by atoms with Gasteiger partial charge in [-0.1, -0.05) is 30.7 Å². The van der Waals surface area contributed by atoms with Crippen molar-refractivity contribution in [3.8, 4) is 11.1 Å². The van der Waals surface area contributed by atoms with E-state index in [-0.39, 0.29) is 6.04 Å². The van der Waals surface area contributed by atoms with Gasteiger partial charge in [-0.05, 0) is 61.6 Å². The summed E-state index contributed by atoms with van der Waals surface area (Å²) in [5.74, 6) is 0. The molecular formula is C19H24N2O2S. The van der Waals surface area contributed by atoms with Crippen LogP contribution in [0.5, 0.6) is 0 Å². The molecule has 1 fully saturated rings. The van der Waals surface area contributed by atoms with E-state index in [0.29, 0.717) is 11.4 Å². The first-order chi connectivity index (χ1) is 11.4. The Hall–Kier alpha value is -1.85. The maximum Gasteiger partial charge on any atom is 0.243 e. The lowest BCUT2D eigenvalue weighted by Gasteiger charge is -2.32. The number of piperidine rings is 1. The van der Waals surface area contributed by atoms with Crippen molar-refractivity contribution in [3.05, 3.63) is 48.0 Å². The molecule has 3 rings (SSSR count). The fourth-order valence-electron chi connectivity index (χ4n) is 3.20. The van der Waals surface area contributed by atoms with Crippen LogP contribution in [0.4, 0.5) is 5.69 Å². The summed E-state index contributed by atoms with van der Waals surface area (Å²) in [4.78, 5) is 0.361. The van der Waals surface area contributed by atoms with Crippen LogP contribution in [0.25, 0.3) is 11.1 Å². The molecule has 2 aromatic rings. The molecule has 1 aliphatic rings. The number of aryl methyl sites for hydroxylation is 1. The van der Waals surface area contributed by atoms with Gasteiger partial charge in [0.1, 0.15) is 0 Å². The zero-order chi connectivity index (χ0) is 17.3. The fourth-order valence-corrected chi connectivity index (χ4v) is 4.90. The Bertz CT molecular complexity index is 829. The quantitative estimate of drug-likeness (QED) is 0.861. The van der Waals surface area contributed by atoms with Crippen molar-refractivity contribution in [2.45, 2.75) is 44.0 Å². The second-order valence-corrected chi connectivity index (χ2v) is 8.45. The van der Waals surface area contributed by atoms with Crippen molar-refractivity contribution in [1.29, 1.82) is 0 Å². The van der Waals surface area contributed by atoms with Crippen molar-refractivity contribution >= 4 is 15.7 Å². The first-order valence-electron chi connectivity index (χ1n) is 8.38. The second kappa shape index (κ2) is 6.57. The summed E-state index contributed by atoms with van der Waals surface area (Å²) in [6.45, 7) is 4.56. The molecule has 1 heterocycles. The molecule has 128 valence electrons. The first kappa shape index (κ1) is 17.0. The monoisotopic (exact) mass is 344 g/mol. The highest BCUT2D eigenvalue weighted by molar-refractivity contribution is 7.89. The SMILES string of the molecule is Cc1ccc(-c2ccc(S(=O)(=O)N3CCCCC3C)cc2)cc1N. The molecule has 1 unspecified atom stereocenters. The van der Waals surface area contributed by atoms with Gasteiger partial charge in [-0.15, -0.1) is 0 Å². The Morgan fingerprint density at radius 3 is 2.33 bits per heavy atom. The normalized spacial score (nSPS) is 19.3. The van der Waals surface area contributed by atoms with Gasteiger partial charge in [0.05, 0.1) is 4.90 Å². The average Bonchev–Trinajstić information content (AvgIpc) is 2.58. The van der Waals surface area contributed by atoms with Crippen LogP contribution >= 0.6 is 0 Å². The lowest BCUT2D eigenvalue weighted by molar-refractivity contribution is 0.268. The van der Waals surface area contributed by atoms with Crippen LogP contribution in [0.1, 0.15) is 31.7 Å². The molecule has 4 nitrogen and oxygen atoms in total. The van der Waals surface area contributed by atoms with E-state index >= 15 is 0 Å². The lowest BCUT2D eigenvalue weighted by Crippen LogP contribution is -2.41. The minimum absolute atomic E-state index is 0.0697. The molecule has 0 amide bonds. The predicted octanol–water partition coefficient (Wildman–Crippen LogP) is 3.81. The van der Waals surface area contributed by atoms with Gasteiger partial charge in [0, 0.05) is 18.3 Å². The molecular weight excluding hydrogens is 320 g/mol. The minimum atomic E-state index is -3.42. The number of anilines is 1. The van der Waals surface area contributed by atoms with Gasteiger partial charge in [-0.3, -0.25) is 0 Å². The van der Waals surface area contributed by atoms with Crippen molar-refractivity contribution in [2.24, 2.45) is 0 Å². The van der Waals surface area contributed by atoms with E-state index in [0.717, 1.165) is 41.6 Å². The zero-order valence-corrected chi connectivity index (χ0v) is 15.0. The molecule has 0 saturated carbocycles. The smallest absolute Gasteiger partial charge is 0.243 e. The summed E-state index contributed by atoms with van der Waals surface area (Å²) >= 11 is 0. The van der Waals surface area contributed by atoms with Gasteiger partial charge < -0.3 is 5.73 Å². The number of benzene rings is 2. The molecule has 1 saturated heterocycles. The summed E-state index contributed by atoms with van der Waals surface area (Å²) < 4.78 is 27.3. The molecule has 1 aliphatic heterocycles. The summed E-state index contributed by atoms with van der Waals surface area (Å²) in [7, 11) is -3.42. The topological polar surface area (TPSA) is 63.4 Å². The third kappa shape index (κ3) is 3.19. The maximum absolute atomic E-state index is 12.9. The molecule has 0 spiro atoms. The number of hydrogen-bond acceptors (Lipinski definition) is 3. The van der Waals surface area contributed by atoms with Crippen molar-refractivity contribution in [1.82, 2.24) is 4.31 Å². The summed E-state index contributed by atoms with van der Waals surface area (Å²) in [6, 6.07) is 13.1. The van der Waals surface area contributed by atoms with E-state index in [1.54, 1.807) is 16.4 Å². The Morgan fingerprint density at radius 2 is 1.71 bits per heavy atom. The Kier molecular flexibility index (Phi) is 4.65. The van der Waals surface area contributed by atoms with Crippen LogP contribution in [0, 0.1) is 6.92 Å². The van der Waals surface area contributed by atoms with Crippen LogP contribution in [0.3, 0.4) is 0 Å².